The van der Waals surface area contributed by atoms with Gasteiger partial charge in [-0.2, -0.15) is 0 Å². The SMILES string of the molecule is Oc1ccc(C(O)CN2C[C@H]3CC(Oc4cnccn4)C[C@H]3C2)cc1. The van der Waals surface area contributed by atoms with Gasteiger partial charge in [0.15, 0.2) is 0 Å². The third-order valence-corrected chi connectivity index (χ3v) is 5.32. The number of ether oxygens (including phenoxy) is 1. The molecule has 2 aromatic rings. The van der Waals surface area contributed by atoms with Gasteiger partial charge in [0.2, 0.25) is 5.88 Å². The second-order valence-electron chi connectivity index (χ2n) is 7.10. The molecule has 1 aromatic carbocycles. The first-order chi connectivity index (χ1) is 12.2. The first-order valence-corrected chi connectivity index (χ1v) is 8.79. The molecule has 0 amide bonds. The molecule has 2 unspecified atom stereocenters. The van der Waals surface area contributed by atoms with Crippen LogP contribution in [0, 0.1) is 11.8 Å². The molecule has 2 heterocycles. The van der Waals surface area contributed by atoms with Gasteiger partial charge in [-0.25, -0.2) is 4.98 Å². The van der Waals surface area contributed by atoms with Crippen LogP contribution >= 0.6 is 0 Å². The summed E-state index contributed by atoms with van der Waals surface area (Å²) >= 11 is 0. The molecule has 1 saturated heterocycles. The van der Waals surface area contributed by atoms with E-state index in [-0.39, 0.29) is 11.9 Å². The minimum Gasteiger partial charge on any atom is -0.508 e. The maximum absolute atomic E-state index is 10.4. The van der Waals surface area contributed by atoms with Gasteiger partial charge in [0, 0.05) is 32.0 Å². The number of phenols is 1. The number of phenolic OH excluding ortho intramolecular Hbond substituents is 1. The zero-order valence-corrected chi connectivity index (χ0v) is 14.0. The van der Waals surface area contributed by atoms with Gasteiger partial charge in [-0.1, -0.05) is 12.1 Å². The van der Waals surface area contributed by atoms with Crippen molar-refractivity contribution < 1.29 is 14.9 Å². The number of likely N-dealkylation sites (tertiary alicyclic amines) is 1. The zero-order valence-electron chi connectivity index (χ0n) is 14.0. The van der Waals surface area contributed by atoms with Crippen LogP contribution < -0.4 is 4.74 Å². The second-order valence-corrected chi connectivity index (χ2v) is 7.10. The van der Waals surface area contributed by atoms with E-state index in [1.807, 2.05) is 0 Å². The summed E-state index contributed by atoms with van der Waals surface area (Å²) in [6.07, 6.45) is 6.72. The fourth-order valence-electron chi connectivity index (χ4n) is 4.15. The van der Waals surface area contributed by atoms with Crippen LogP contribution in [0.15, 0.2) is 42.9 Å². The second kappa shape index (κ2) is 6.98. The maximum Gasteiger partial charge on any atom is 0.232 e. The molecule has 6 heteroatoms. The van der Waals surface area contributed by atoms with Gasteiger partial charge >= 0.3 is 0 Å². The third-order valence-electron chi connectivity index (χ3n) is 5.32. The van der Waals surface area contributed by atoms with E-state index in [0.717, 1.165) is 31.5 Å². The van der Waals surface area contributed by atoms with E-state index in [4.69, 9.17) is 4.74 Å². The summed E-state index contributed by atoms with van der Waals surface area (Å²) in [7, 11) is 0. The number of rotatable bonds is 5. The zero-order chi connectivity index (χ0) is 17.2. The molecular weight excluding hydrogens is 318 g/mol. The lowest BCUT2D eigenvalue weighted by atomic mass is 10.0. The van der Waals surface area contributed by atoms with Crippen molar-refractivity contribution in [2.24, 2.45) is 11.8 Å². The molecule has 1 aliphatic carbocycles. The summed E-state index contributed by atoms with van der Waals surface area (Å²) in [5.74, 6) is 2.07. The molecule has 25 heavy (non-hydrogen) atoms. The van der Waals surface area contributed by atoms with Gasteiger partial charge in [0.1, 0.15) is 11.9 Å². The van der Waals surface area contributed by atoms with Gasteiger partial charge in [-0.3, -0.25) is 9.88 Å². The highest BCUT2D eigenvalue weighted by atomic mass is 16.5. The Kier molecular flexibility index (Phi) is 4.55. The molecule has 1 aliphatic heterocycles. The number of hydrogen-bond donors (Lipinski definition) is 2. The number of hydrogen-bond acceptors (Lipinski definition) is 6. The quantitative estimate of drug-likeness (QED) is 0.866. The first kappa shape index (κ1) is 16.3. The maximum atomic E-state index is 10.4. The number of fused-ring (bicyclic) bond motifs is 1. The highest BCUT2D eigenvalue weighted by Gasteiger charge is 2.42. The van der Waals surface area contributed by atoms with Crippen LogP contribution in [0.1, 0.15) is 24.5 Å². The number of β-amino-alcohol motifs (C(OH)–C–C–N with tert-alkyl or cyclic N) is 1. The van der Waals surface area contributed by atoms with Crippen LogP contribution in [0.25, 0.3) is 0 Å². The standard InChI is InChI=1S/C19H23N3O3/c23-16-3-1-13(2-4-16)18(24)12-22-10-14-7-17(8-15(14)11-22)25-19-9-20-5-6-21-19/h1-6,9,14-15,17-18,23-24H,7-8,10-12H2/t14-,15+,17?,18?. The Hall–Kier alpha value is -2.18. The number of aliphatic hydroxyl groups is 1. The van der Waals surface area contributed by atoms with Crippen molar-refractivity contribution in [3.63, 3.8) is 0 Å². The molecule has 4 rings (SSSR count). The van der Waals surface area contributed by atoms with Gasteiger partial charge in [-0.05, 0) is 42.4 Å². The van der Waals surface area contributed by atoms with E-state index in [1.165, 1.54) is 0 Å². The Morgan fingerprint density at radius 1 is 1.12 bits per heavy atom. The lowest BCUT2D eigenvalue weighted by molar-refractivity contribution is 0.115. The highest BCUT2D eigenvalue weighted by molar-refractivity contribution is 5.27. The molecule has 4 atom stereocenters. The molecular formula is C19H23N3O3. The Balaban J connectivity index is 1.28. The van der Waals surface area contributed by atoms with E-state index in [2.05, 4.69) is 14.9 Å². The fraction of sp³-hybridized carbons (Fsp3) is 0.474. The van der Waals surface area contributed by atoms with Crippen molar-refractivity contribution in [1.29, 1.82) is 0 Å². The molecule has 0 spiro atoms. The average molecular weight is 341 g/mol. The molecule has 6 nitrogen and oxygen atoms in total. The third kappa shape index (κ3) is 3.75. The smallest absolute Gasteiger partial charge is 0.232 e. The highest BCUT2D eigenvalue weighted by Crippen LogP contribution is 2.40. The number of nitrogens with zero attached hydrogens (tertiary/aromatic N) is 3. The number of benzene rings is 1. The van der Waals surface area contributed by atoms with Crippen molar-refractivity contribution in [2.45, 2.75) is 25.0 Å². The van der Waals surface area contributed by atoms with Crippen LogP contribution in [0.5, 0.6) is 11.6 Å². The van der Waals surface area contributed by atoms with Crippen LogP contribution in [-0.2, 0) is 0 Å². The molecule has 2 aliphatic rings. The average Bonchev–Trinajstić information content (AvgIpc) is 3.14. The molecule has 132 valence electrons. The van der Waals surface area contributed by atoms with Crippen LogP contribution in [-0.4, -0.2) is 50.8 Å². The predicted molar refractivity (Wildman–Crippen MR) is 92.2 cm³/mol. The molecule has 2 fully saturated rings. The summed E-state index contributed by atoms with van der Waals surface area (Å²) in [6, 6.07) is 6.79. The Labute approximate surface area is 147 Å². The van der Waals surface area contributed by atoms with Crippen molar-refractivity contribution in [3.8, 4) is 11.6 Å². The minimum atomic E-state index is -0.522. The molecule has 1 saturated carbocycles. The van der Waals surface area contributed by atoms with E-state index in [9.17, 15) is 10.2 Å². The summed E-state index contributed by atoms with van der Waals surface area (Å²) in [5.41, 5.74) is 0.846. The lowest BCUT2D eigenvalue weighted by Gasteiger charge is -2.22. The monoisotopic (exact) mass is 341 g/mol. The van der Waals surface area contributed by atoms with Crippen LogP contribution in [0.4, 0.5) is 0 Å². The van der Waals surface area contributed by atoms with Gasteiger partial charge in [-0.15, -0.1) is 0 Å². The van der Waals surface area contributed by atoms with Gasteiger partial charge in [0.05, 0.1) is 12.3 Å². The number of aromatic nitrogens is 2. The van der Waals surface area contributed by atoms with Crippen LogP contribution in [0.2, 0.25) is 0 Å². The predicted octanol–water partition coefficient (Wildman–Crippen LogP) is 2.00. The van der Waals surface area contributed by atoms with Crippen molar-refractivity contribution in [2.75, 3.05) is 19.6 Å². The fourth-order valence-corrected chi connectivity index (χ4v) is 4.15. The Morgan fingerprint density at radius 2 is 1.84 bits per heavy atom. The summed E-state index contributed by atoms with van der Waals surface area (Å²) < 4.78 is 5.94. The number of aromatic hydroxyl groups is 1. The summed E-state index contributed by atoms with van der Waals surface area (Å²) in [5, 5.41) is 19.8. The van der Waals surface area contributed by atoms with Crippen molar-refractivity contribution in [1.82, 2.24) is 14.9 Å². The van der Waals surface area contributed by atoms with Gasteiger partial charge in [0.25, 0.3) is 0 Å². The molecule has 2 N–H and O–H groups in total. The van der Waals surface area contributed by atoms with Crippen LogP contribution in [0.3, 0.4) is 0 Å². The topological polar surface area (TPSA) is 78.7 Å². The Bertz CT molecular complexity index is 681. The van der Waals surface area contributed by atoms with E-state index in [1.54, 1.807) is 42.9 Å². The van der Waals surface area contributed by atoms with E-state index >= 15 is 0 Å². The molecule has 0 bridgehead atoms. The van der Waals surface area contributed by atoms with Crippen molar-refractivity contribution in [3.05, 3.63) is 48.4 Å². The number of aliphatic hydroxyl groups excluding tert-OH is 1. The lowest BCUT2D eigenvalue weighted by Crippen LogP contribution is -2.29. The first-order valence-electron chi connectivity index (χ1n) is 8.79. The summed E-state index contributed by atoms with van der Waals surface area (Å²) in [6.45, 7) is 2.63. The van der Waals surface area contributed by atoms with E-state index in [0.29, 0.717) is 24.3 Å². The Morgan fingerprint density at radius 3 is 2.48 bits per heavy atom. The minimum absolute atomic E-state index is 0.218. The van der Waals surface area contributed by atoms with Gasteiger partial charge < -0.3 is 14.9 Å². The van der Waals surface area contributed by atoms with E-state index < -0.39 is 6.10 Å². The van der Waals surface area contributed by atoms with Crippen molar-refractivity contribution >= 4 is 0 Å². The molecule has 1 aromatic heterocycles. The largest absolute Gasteiger partial charge is 0.508 e. The molecule has 0 radical (unpaired) electrons. The normalized spacial score (nSPS) is 27.2. The summed E-state index contributed by atoms with van der Waals surface area (Å²) in [4.78, 5) is 10.6.